The second kappa shape index (κ2) is 11.9. The summed E-state index contributed by atoms with van der Waals surface area (Å²) < 4.78 is 51.7. The summed E-state index contributed by atoms with van der Waals surface area (Å²) in [7, 11) is 3.00. The first-order valence-electron chi connectivity index (χ1n) is 11.4. The van der Waals surface area contributed by atoms with E-state index in [4.69, 9.17) is 9.47 Å². The van der Waals surface area contributed by atoms with Crippen molar-refractivity contribution in [3.05, 3.63) is 84.1 Å². The van der Waals surface area contributed by atoms with Gasteiger partial charge in [-0.25, -0.2) is 4.99 Å². The van der Waals surface area contributed by atoms with Crippen molar-refractivity contribution in [2.45, 2.75) is 6.36 Å². The van der Waals surface area contributed by atoms with E-state index in [0.29, 0.717) is 22.7 Å². The molecule has 0 saturated carbocycles. The highest BCUT2D eigenvalue weighted by Crippen LogP contribution is 2.35. The molecule has 0 aromatic heterocycles. The lowest BCUT2D eigenvalue weighted by molar-refractivity contribution is -0.274. The van der Waals surface area contributed by atoms with E-state index >= 15 is 0 Å². The number of aliphatic imine (C=N–C) groups is 1. The van der Waals surface area contributed by atoms with Crippen molar-refractivity contribution in [2.24, 2.45) is 4.99 Å². The number of amides is 2. The van der Waals surface area contributed by atoms with Crippen LogP contribution in [0.25, 0.3) is 6.08 Å². The Morgan fingerprint density at radius 3 is 2.36 bits per heavy atom. The van der Waals surface area contributed by atoms with Crippen LogP contribution in [-0.2, 0) is 9.59 Å². The molecule has 0 aliphatic carbocycles. The van der Waals surface area contributed by atoms with Gasteiger partial charge in [-0.05, 0) is 48.5 Å². The molecule has 202 valence electrons. The van der Waals surface area contributed by atoms with Crippen LogP contribution in [0, 0.1) is 0 Å². The Bertz CT molecular complexity index is 1410. The zero-order valence-corrected chi connectivity index (χ0v) is 21.5. The van der Waals surface area contributed by atoms with Crippen molar-refractivity contribution in [1.29, 1.82) is 0 Å². The number of benzene rings is 3. The number of rotatable bonds is 8. The Hall–Kier alpha value is -4.45. The summed E-state index contributed by atoms with van der Waals surface area (Å²) in [5.74, 6) is -0.432. The van der Waals surface area contributed by atoms with Gasteiger partial charge >= 0.3 is 6.36 Å². The quantitative estimate of drug-likeness (QED) is 0.357. The van der Waals surface area contributed by atoms with E-state index in [2.05, 4.69) is 15.0 Å². The molecule has 1 aliphatic heterocycles. The van der Waals surface area contributed by atoms with Crippen LogP contribution in [0.3, 0.4) is 0 Å². The third kappa shape index (κ3) is 6.90. The number of para-hydroxylation sites is 2. The highest BCUT2D eigenvalue weighted by atomic mass is 32.2. The van der Waals surface area contributed by atoms with Gasteiger partial charge < -0.3 is 19.5 Å². The third-order valence-corrected chi connectivity index (χ3v) is 6.21. The molecule has 4 rings (SSSR count). The lowest BCUT2D eigenvalue weighted by atomic mass is 10.1. The van der Waals surface area contributed by atoms with Crippen LogP contribution >= 0.6 is 11.8 Å². The smallest absolute Gasteiger partial charge is 0.493 e. The molecule has 1 aliphatic rings. The largest absolute Gasteiger partial charge is 0.573 e. The average molecular weight is 558 g/mol. The number of carbonyl (C=O) groups is 2. The van der Waals surface area contributed by atoms with Gasteiger partial charge in [0.25, 0.3) is 5.91 Å². The summed E-state index contributed by atoms with van der Waals surface area (Å²) in [4.78, 5) is 31.9. The molecule has 39 heavy (non-hydrogen) atoms. The fourth-order valence-electron chi connectivity index (χ4n) is 3.64. The molecular formula is C27H22F3N3O5S. The van der Waals surface area contributed by atoms with Crippen LogP contribution in [0.5, 0.6) is 17.2 Å². The minimum atomic E-state index is -4.81. The predicted octanol–water partition coefficient (Wildman–Crippen LogP) is 5.72. The number of methoxy groups -OCH3 is 2. The maximum absolute atomic E-state index is 13.4. The minimum Gasteiger partial charge on any atom is -0.493 e. The summed E-state index contributed by atoms with van der Waals surface area (Å²) in [5.41, 5.74) is 1.56. The summed E-state index contributed by atoms with van der Waals surface area (Å²) in [6.45, 7) is 0. The standard InChI is InChI=1S/C27H22F3N3O5S/c1-36-22-10-6-7-17(24(22)37-2)15-21-25(35)33(19-8-4-3-5-9-19)26(32-21)39-16-23(34)31-18-11-13-20(14-12-18)38-27(28,29)30/h3-15H,16H2,1-2H3,(H,31,34)/b21-15+. The van der Waals surface area contributed by atoms with Crippen LogP contribution < -0.4 is 24.4 Å². The van der Waals surface area contributed by atoms with Gasteiger partial charge in [0.15, 0.2) is 16.7 Å². The Morgan fingerprint density at radius 2 is 1.72 bits per heavy atom. The molecular weight excluding hydrogens is 535 g/mol. The van der Waals surface area contributed by atoms with Crippen LogP contribution in [0.1, 0.15) is 5.56 Å². The predicted molar refractivity (Wildman–Crippen MR) is 143 cm³/mol. The van der Waals surface area contributed by atoms with Gasteiger partial charge in [-0.1, -0.05) is 42.1 Å². The van der Waals surface area contributed by atoms with Crippen molar-refractivity contribution in [3.63, 3.8) is 0 Å². The topological polar surface area (TPSA) is 89.5 Å². The monoisotopic (exact) mass is 557 g/mol. The fraction of sp³-hybridized carbons (Fsp3) is 0.148. The molecule has 1 N–H and O–H groups in total. The van der Waals surface area contributed by atoms with Crippen LogP contribution in [-0.4, -0.2) is 43.3 Å². The van der Waals surface area contributed by atoms with E-state index in [1.807, 2.05) is 6.07 Å². The van der Waals surface area contributed by atoms with Gasteiger partial charge in [0.05, 0.1) is 25.7 Å². The molecule has 0 bridgehead atoms. The number of halogens is 3. The highest BCUT2D eigenvalue weighted by Gasteiger charge is 2.33. The maximum atomic E-state index is 13.4. The van der Waals surface area contributed by atoms with Gasteiger partial charge in [0, 0.05) is 11.3 Å². The first-order valence-corrected chi connectivity index (χ1v) is 12.4. The van der Waals surface area contributed by atoms with Crippen LogP contribution in [0.15, 0.2) is 83.5 Å². The van der Waals surface area contributed by atoms with Crippen molar-refractivity contribution in [3.8, 4) is 17.2 Å². The van der Waals surface area contributed by atoms with Crippen molar-refractivity contribution < 1.29 is 37.0 Å². The Morgan fingerprint density at radius 1 is 1.00 bits per heavy atom. The molecule has 2 amide bonds. The average Bonchev–Trinajstić information content (AvgIpc) is 3.22. The highest BCUT2D eigenvalue weighted by molar-refractivity contribution is 8.14. The summed E-state index contributed by atoms with van der Waals surface area (Å²) in [6, 6.07) is 18.9. The SMILES string of the molecule is COc1cccc(/C=C2/N=C(SCC(=O)Nc3ccc(OC(F)(F)F)cc3)N(c3ccccc3)C2=O)c1OC. The fourth-order valence-corrected chi connectivity index (χ4v) is 4.45. The van der Waals surface area contributed by atoms with Gasteiger partial charge in [0.2, 0.25) is 5.91 Å². The molecule has 1 heterocycles. The lowest BCUT2D eigenvalue weighted by Gasteiger charge is -2.17. The number of carbonyl (C=O) groups excluding carboxylic acids is 2. The first-order chi connectivity index (χ1) is 18.7. The number of hydrogen-bond donors (Lipinski definition) is 1. The van der Waals surface area contributed by atoms with Crippen LogP contribution in [0.4, 0.5) is 24.5 Å². The van der Waals surface area contributed by atoms with Gasteiger partial charge in [-0.15, -0.1) is 13.2 Å². The van der Waals surface area contributed by atoms with Gasteiger partial charge in [-0.3, -0.25) is 14.5 Å². The molecule has 0 fully saturated rings. The number of ether oxygens (including phenoxy) is 3. The molecule has 0 unspecified atom stereocenters. The van der Waals surface area contributed by atoms with Crippen molar-refractivity contribution >= 4 is 46.2 Å². The number of amidine groups is 1. The second-order valence-corrected chi connectivity index (χ2v) is 8.83. The van der Waals surface area contributed by atoms with E-state index in [1.54, 1.807) is 48.5 Å². The maximum Gasteiger partial charge on any atom is 0.573 e. The minimum absolute atomic E-state index is 0.119. The van der Waals surface area contributed by atoms with E-state index in [9.17, 15) is 22.8 Å². The first kappa shape index (κ1) is 27.6. The second-order valence-electron chi connectivity index (χ2n) is 7.89. The summed E-state index contributed by atoms with van der Waals surface area (Å²) >= 11 is 1.03. The molecule has 0 spiro atoms. The molecule has 0 atom stereocenters. The number of nitrogens with one attached hydrogen (secondary N) is 1. The number of anilines is 2. The Labute approximate surface area is 226 Å². The number of nitrogens with zero attached hydrogens (tertiary/aromatic N) is 2. The van der Waals surface area contributed by atoms with E-state index in [1.165, 1.54) is 31.3 Å². The summed E-state index contributed by atoms with van der Waals surface area (Å²) in [6.07, 6.45) is -3.23. The number of thioether (sulfide) groups is 1. The van der Waals surface area contributed by atoms with E-state index < -0.39 is 23.9 Å². The van der Waals surface area contributed by atoms with Gasteiger partial charge in [0.1, 0.15) is 11.4 Å². The van der Waals surface area contributed by atoms with Crippen molar-refractivity contribution in [2.75, 3.05) is 30.2 Å². The number of alkyl halides is 3. The molecule has 0 radical (unpaired) electrons. The molecule has 3 aromatic carbocycles. The lowest BCUT2D eigenvalue weighted by Crippen LogP contribution is -2.31. The molecule has 0 saturated heterocycles. The third-order valence-electron chi connectivity index (χ3n) is 5.27. The van der Waals surface area contributed by atoms with E-state index in [0.717, 1.165) is 23.9 Å². The molecule has 8 nitrogen and oxygen atoms in total. The van der Waals surface area contributed by atoms with Crippen LogP contribution in [0.2, 0.25) is 0 Å². The molecule has 12 heteroatoms. The zero-order valence-electron chi connectivity index (χ0n) is 20.7. The Kier molecular flexibility index (Phi) is 8.45. The van der Waals surface area contributed by atoms with Crippen molar-refractivity contribution in [1.82, 2.24) is 0 Å². The normalized spacial score (nSPS) is 14.3. The zero-order chi connectivity index (χ0) is 28.0. The van der Waals surface area contributed by atoms with Gasteiger partial charge in [-0.2, -0.15) is 0 Å². The molecule has 3 aromatic rings. The number of hydrogen-bond acceptors (Lipinski definition) is 7. The summed E-state index contributed by atoms with van der Waals surface area (Å²) in [5, 5.41) is 2.88. The Balaban J connectivity index is 1.53. The van der Waals surface area contributed by atoms with E-state index in [-0.39, 0.29) is 22.3 Å².